The SMILES string of the molecule is C=Cc1c2[n-]c(c1C)/C=C1\[N-]C(C3=c4[n-]/c(c(C)c4C(=O)[C@@H]3C(=O)OC)=C\c3[n-]c(/c(=C\O)c3CC)=C\2)[C@@H](CCC(=O)OC/C=C(/C)CCC[C@H](C)CCC[C@H](C)CCCC(C)C)[C@@H]1C.[Mg+2]. The zero-order valence-electron chi connectivity index (χ0n) is 41.4. The summed E-state index contributed by atoms with van der Waals surface area (Å²) in [5.41, 5.74) is 7.98. The summed E-state index contributed by atoms with van der Waals surface area (Å²) < 4.78 is 11.0. The molecular weight excluding hydrogens is 837 g/mol. The normalized spacial score (nSPS) is 21.8. The van der Waals surface area contributed by atoms with Crippen molar-refractivity contribution in [2.75, 3.05) is 13.7 Å². The van der Waals surface area contributed by atoms with Crippen molar-refractivity contribution in [1.29, 1.82) is 0 Å². The second-order valence-corrected chi connectivity index (χ2v) is 19.5. The minimum Gasteiger partial charge on any atom is -0.681 e. The standard InChI is InChI=1S/C55H72N4O6.Mg/c1-12-38-35(8)42-27-43-36(9)40(23-24-48(61)65-26-25-34(7)22-16-21-33(6)20-15-19-32(5)18-14-17-31(3)4)52(58-43)50-51(55(63)64-11)54(62)49-37(10)44(59-53(49)50)28-46-39(13-2)41(30-60)47(57-46)29-45(38)56-42;/h12,25,27-33,36,40,51-52H,1,13-24,26H2,2-11H3,(H,60,62);/q-4;+2/b34-25-,43-27-,47-29-;/t32-,33-,36+,40+,51-,52?;/m1./s1. The topological polar surface area (TPSA) is 146 Å². The Morgan fingerprint density at radius 1 is 0.879 bits per heavy atom. The monoisotopic (exact) mass is 909 g/mol. The molecule has 0 spiro atoms. The van der Waals surface area contributed by atoms with Crippen LogP contribution in [0.1, 0.15) is 169 Å². The number of rotatable bonds is 20. The molecule has 3 aromatic rings. The predicted octanol–water partition coefficient (Wildman–Crippen LogP) is 8.16. The molecule has 11 heteroatoms. The van der Waals surface area contributed by atoms with E-state index < -0.39 is 17.9 Å². The summed E-state index contributed by atoms with van der Waals surface area (Å²) in [6.45, 7) is 23.7. The minimum atomic E-state index is -1.22. The van der Waals surface area contributed by atoms with Gasteiger partial charge in [0.2, 0.25) is 0 Å². The van der Waals surface area contributed by atoms with Gasteiger partial charge in [-0.3, -0.25) is 14.4 Å². The van der Waals surface area contributed by atoms with Gasteiger partial charge in [-0.25, -0.2) is 0 Å². The molecule has 0 amide bonds. The molecule has 3 aromatic heterocycles. The average molecular weight is 910 g/mol. The van der Waals surface area contributed by atoms with Gasteiger partial charge in [-0.15, -0.1) is 33.1 Å². The molecular formula is C55H72MgN4O6-2. The van der Waals surface area contributed by atoms with Crippen molar-refractivity contribution in [3.63, 3.8) is 0 Å². The van der Waals surface area contributed by atoms with Crippen molar-refractivity contribution < 1.29 is 29.0 Å². The molecule has 10 nitrogen and oxygen atoms in total. The van der Waals surface area contributed by atoms with Crippen LogP contribution in [0.3, 0.4) is 0 Å². The van der Waals surface area contributed by atoms with Crippen LogP contribution in [0.5, 0.6) is 0 Å². The third kappa shape index (κ3) is 11.6. The second-order valence-electron chi connectivity index (χ2n) is 19.5. The summed E-state index contributed by atoms with van der Waals surface area (Å²) in [6.07, 6.45) is 22.9. The number of methoxy groups -OCH3 is 1. The first-order valence-corrected chi connectivity index (χ1v) is 24.2. The summed E-state index contributed by atoms with van der Waals surface area (Å²) in [4.78, 5) is 56.5. The molecule has 0 radical (unpaired) electrons. The minimum absolute atomic E-state index is 0. The number of ether oxygens (including phenoxy) is 2. The zero-order chi connectivity index (χ0) is 47.1. The van der Waals surface area contributed by atoms with Crippen molar-refractivity contribution in [3.05, 3.63) is 95.4 Å². The fraction of sp³-hybridized carbons (Fsp3) is 0.545. The number of carbonyl (C=O) groups is 3. The first-order valence-electron chi connectivity index (χ1n) is 24.2. The summed E-state index contributed by atoms with van der Waals surface area (Å²) >= 11 is 0. The fourth-order valence-electron chi connectivity index (χ4n) is 10.3. The number of fused-ring (bicyclic) bond motifs is 8. The van der Waals surface area contributed by atoms with E-state index in [2.05, 4.69) is 48.1 Å². The van der Waals surface area contributed by atoms with Gasteiger partial charge < -0.3 is 34.8 Å². The number of nitrogens with zero attached hydrogens (tertiary/aromatic N) is 4. The Bertz CT molecular complexity index is 2570. The number of hydrogen-bond donors (Lipinski definition) is 1. The van der Waals surface area contributed by atoms with Crippen LogP contribution in [0.25, 0.3) is 41.5 Å². The molecule has 352 valence electrons. The van der Waals surface area contributed by atoms with Crippen LogP contribution < -0.4 is 36.2 Å². The van der Waals surface area contributed by atoms with Crippen molar-refractivity contribution in [1.82, 2.24) is 15.0 Å². The number of aliphatic hydroxyl groups excluding tert-OH is 1. The molecule has 6 rings (SSSR count). The third-order valence-corrected chi connectivity index (χ3v) is 14.4. The molecule has 1 fully saturated rings. The Labute approximate surface area is 408 Å². The maximum Gasteiger partial charge on any atom is 2.00 e. The van der Waals surface area contributed by atoms with Crippen LogP contribution in [0, 0.1) is 49.4 Å². The number of ketones is 1. The van der Waals surface area contributed by atoms with Crippen molar-refractivity contribution in [3.8, 4) is 0 Å². The molecule has 66 heavy (non-hydrogen) atoms. The second kappa shape index (κ2) is 23.5. The molecule has 5 heterocycles. The number of hydrogen-bond acceptors (Lipinski definition) is 6. The first kappa shape index (κ1) is 52.5. The van der Waals surface area contributed by atoms with E-state index in [9.17, 15) is 19.5 Å². The quantitative estimate of drug-likeness (QED) is 0.0514. The Balaban J connectivity index is 0.00000817. The number of Topliss-reactive ketones (excluding diaryl/α,β-unsaturated/α-hetero) is 1. The Hall–Kier alpha value is -4.48. The number of aliphatic hydroxyl groups is 1. The van der Waals surface area contributed by atoms with E-state index in [0.29, 0.717) is 73.8 Å². The van der Waals surface area contributed by atoms with E-state index >= 15 is 0 Å². The van der Waals surface area contributed by atoms with E-state index in [1.807, 2.05) is 45.1 Å². The number of aromatic nitrogens is 3. The van der Waals surface area contributed by atoms with Crippen LogP contribution in [0.2, 0.25) is 0 Å². The Kier molecular flexibility index (Phi) is 18.7. The van der Waals surface area contributed by atoms with Gasteiger partial charge in [0.15, 0.2) is 5.78 Å². The van der Waals surface area contributed by atoms with Gasteiger partial charge >= 0.3 is 35.0 Å². The summed E-state index contributed by atoms with van der Waals surface area (Å²) in [7, 11) is 1.28. The molecule has 3 aliphatic rings. The summed E-state index contributed by atoms with van der Waals surface area (Å²) in [5.74, 6) is -0.717. The van der Waals surface area contributed by atoms with Crippen molar-refractivity contribution in [2.24, 2.45) is 35.5 Å². The third-order valence-electron chi connectivity index (χ3n) is 14.4. The molecule has 0 aromatic carbocycles. The van der Waals surface area contributed by atoms with Crippen LogP contribution in [0.4, 0.5) is 0 Å². The van der Waals surface area contributed by atoms with Crippen LogP contribution >= 0.6 is 0 Å². The van der Waals surface area contributed by atoms with Crippen LogP contribution in [0.15, 0.2) is 23.9 Å². The van der Waals surface area contributed by atoms with Crippen LogP contribution in [-0.2, 0) is 25.5 Å². The number of allylic oxidation sites excluding steroid dienone is 2. The Morgan fingerprint density at radius 3 is 2.18 bits per heavy atom. The molecule has 8 bridgehead atoms. The van der Waals surface area contributed by atoms with Crippen molar-refractivity contribution >= 4 is 76.9 Å². The number of esters is 2. The van der Waals surface area contributed by atoms with E-state index in [1.165, 1.54) is 57.6 Å². The van der Waals surface area contributed by atoms with E-state index in [1.54, 1.807) is 6.08 Å². The molecule has 0 saturated carbocycles. The molecule has 2 aliphatic heterocycles. The maximum atomic E-state index is 14.4. The van der Waals surface area contributed by atoms with E-state index in [-0.39, 0.29) is 59.7 Å². The molecule has 1 saturated heterocycles. The smallest absolute Gasteiger partial charge is 0.681 e. The summed E-state index contributed by atoms with van der Waals surface area (Å²) in [5, 5.41) is 17.9. The van der Waals surface area contributed by atoms with Gasteiger partial charge in [-0.1, -0.05) is 151 Å². The van der Waals surface area contributed by atoms with E-state index in [4.69, 9.17) is 29.7 Å². The molecule has 1 unspecified atom stereocenters. The van der Waals surface area contributed by atoms with Gasteiger partial charge in [0.25, 0.3) is 0 Å². The van der Waals surface area contributed by atoms with Gasteiger partial charge in [-0.05, 0) is 92.9 Å². The van der Waals surface area contributed by atoms with Crippen LogP contribution in [-0.4, -0.2) is 65.6 Å². The van der Waals surface area contributed by atoms with E-state index in [0.717, 1.165) is 53.3 Å². The maximum absolute atomic E-state index is 14.4. The Morgan fingerprint density at radius 2 is 1.55 bits per heavy atom. The fourth-order valence-corrected chi connectivity index (χ4v) is 10.3. The molecule has 6 atom stereocenters. The molecule has 1 N–H and O–H groups in total. The largest absolute Gasteiger partial charge is 2.00 e. The first-order chi connectivity index (χ1) is 31.1. The van der Waals surface area contributed by atoms with Crippen molar-refractivity contribution in [2.45, 2.75) is 145 Å². The zero-order valence-corrected chi connectivity index (χ0v) is 42.8. The number of carbonyl (C=O) groups excluding carboxylic acids is 3. The summed E-state index contributed by atoms with van der Waals surface area (Å²) in [6, 6.07) is -0.651. The van der Waals surface area contributed by atoms with Gasteiger partial charge in [0.1, 0.15) is 12.5 Å². The molecule has 1 aliphatic carbocycles. The average Bonchev–Trinajstić information content (AvgIpc) is 4.02. The van der Waals surface area contributed by atoms with Gasteiger partial charge in [-0.2, -0.15) is 5.70 Å². The van der Waals surface area contributed by atoms with Gasteiger partial charge in [0, 0.05) is 12.0 Å². The predicted molar refractivity (Wildman–Crippen MR) is 266 cm³/mol. The van der Waals surface area contributed by atoms with Gasteiger partial charge in [0.05, 0.1) is 13.4 Å².